The SMILES string of the molecule is [As+3].[Cl-].[Cl-].[Cl-].[H+]. The van der Waals surface area contributed by atoms with Gasteiger partial charge in [-0.3, -0.25) is 0 Å². The second-order valence-corrected chi connectivity index (χ2v) is 0. The zero-order valence-corrected chi connectivity index (χ0v) is 5.73. The minimum Gasteiger partial charge on any atom is -1.00 e. The smallest absolute Gasteiger partial charge is 1.00 e. The molecular formula is HAsCl3+. The van der Waals surface area contributed by atoms with Crippen LogP contribution in [0.1, 0.15) is 1.43 Å². The molecule has 0 aromatic rings. The number of rotatable bonds is 0. The first-order valence-electron chi connectivity index (χ1n) is 0. The summed E-state index contributed by atoms with van der Waals surface area (Å²) >= 11 is 0. The molecule has 2 radical (unpaired) electrons. The van der Waals surface area contributed by atoms with Gasteiger partial charge in [0.2, 0.25) is 0 Å². The topological polar surface area (TPSA) is 0 Å². The van der Waals surface area contributed by atoms with Crippen molar-refractivity contribution in [2.75, 3.05) is 0 Å². The Balaban J connectivity index is 0. The number of hydrogen-bond donors (Lipinski definition) is 0. The van der Waals surface area contributed by atoms with Gasteiger partial charge in [-0.15, -0.1) is 0 Å². The zero-order valence-electron chi connectivity index (χ0n) is 2.58. The second-order valence-electron chi connectivity index (χ2n) is 0. The summed E-state index contributed by atoms with van der Waals surface area (Å²) in [6.07, 6.45) is 0. The van der Waals surface area contributed by atoms with E-state index in [1.165, 1.54) is 0 Å². The molecule has 0 nitrogen and oxygen atoms in total. The Hall–Kier alpha value is 1.43. The van der Waals surface area contributed by atoms with Gasteiger partial charge in [-0.1, -0.05) is 0 Å². The summed E-state index contributed by atoms with van der Waals surface area (Å²) in [4.78, 5) is 0. The van der Waals surface area contributed by atoms with Gasteiger partial charge >= 0.3 is 19.4 Å². The summed E-state index contributed by atoms with van der Waals surface area (Å²) in [5.74, 6) is 0. The predicted molar refractivity (Wildman–Crippen MR) is 6.87 cm³/mol. The summed E-state index contributed by atoms with van der Waals surface area (Å²) in [6.45, 7) is 0. The van der Waals surface area contributed by atoms with Crippen molar-refractivity contribution in [2.45, 2.75) is 0 Å². The van der Waals surface area contributed by atoms with Crippen molar-refractivity contribution in [3.8, 4) is 0 Å². The molecule has 0 heterocycles. The van der Waals surface area contributed by atoms with E-state index in [1.807, 2.05) is 0 Å². The van der Waals surface area contributed by atoms with Crippen LogP contribution in [0.2, 0.25) is 0 Å². The van der Waals surface area contributed by atoms with Gasteiger partial charge in [0.1, 0.15) is 0 Å². The fraction of sp³-hybridized carbons (Fsp3) is 0. The molecule has 0 aromatic heterocycles. The summed E-state index contributed by atoms with van der Waals surface area (Å²) in [7, 11) is 0. The molecule has 0 aliphatic carbocycles. The maximum absolute atomic E-state index is 0. The van der Waals surface area contributed by atoms with E-state index >= 15 is 0 Å². The molecule has 0 unspecified atom stereocenters. The Labute approximate surface area is 56.7 Å². The van der Waals surface area contributed by atoms with Gasteiger partial charge in [0.05, 0.1) is 0 Å². The van der Waals surface area contributed by atoms with Crippen molar-refractivity contribution >= 4 is 18.0 Å². The van der Waals surface area contributed by atoms with Crippen LogP contribution in [-0.2, 0) is 0 Å². The van der Waals surface area contributed by atoms with Crippen LogP contribution in [0, 0.1) is 0 Å². The van der Waals surface area contributed by atoms with Crippen molar-refractivity contribution in [3.63, 3.8) is 0 Å². The summed E-state index contributed by atoms with van der Waals surface area (Å²) in [5.41, 5.74) is 0. The van der Waals surface area contributed by atoms with Gasteiger partial charge in [0, 0.05) is 0 Å². The Morgan fingerprint density at radius 3 is 0.750 bits per heavy atom. The monoisotopic (exact) mass is 181 g/mol. The minimum absolute atomic E-state index is 0. The molecule has 4 heteroatoms. The molecule has 26 valence electrons. The van der Waals surface area contributed by atoms with Crippen LogP contribution in [0.5, 0.6) is 0 Å². The molecule has 4 heavy (non-hydrogen) atoms. The molecule has 0 amide bonds. The van der Waals surface area contributed by atoms with E-state index < -0.39 is 0 Å². The Morgan fingerprint density at radius 2 is 0.750 bits per heavy atom. The predicted octanol–water partition coefficient (Wildman–Crippen LogP) is -9.26. The third-order valence-corrected chi connectivity index (χ3v) is 0. The summed E-state index contributed by atoms with van der Waals surface area (Å²) in [5, 5.41) is 0. The van der Waals surface area contributed by atoms with Crippen molar-refractivity contribution in [1.82, 2.24) is 0 Å². The molecule has 0 saturated heterocycles. The van der Waals surface area contributed by atoms with Gasteiger partial charge in [-0.05, 0) is 0 Å². The molecule has 0 aromatic carbocycles. The summed E-state index contributed by atoms with van der Waals surface area (Å²) in [6, 6.07) is 0. The van der Waals surface area contributed by atoms with Crippen LogP contribution in [0.15, 0.2) is 0 Å². The van der Waals surface area contributed by atoms with E-state index in [2.05, 4.69) is 0 Å². The summed E-state index contributed by atoms with van der Waals surface area (Å²) < 4.78 is 0. The molecule has 0 aliphatic heterocycles. The normalized spacial score (nSPS) is 0. The maximum Gasteiger partial charge on any atom is 3.00 e. The van der Waals surface area contributed by atoms with Gasteiger partial charge in [0.15, 0.2) is 0 Å². The first kappa shape index (κ1) is 52.2. The van der Waals surface area contributed by atoms with Crippen LogP contribution < -0.4 is 37.2 Å². The molecular weight excluding hydrogens is 181 g/mol. The van der Waals surface area contributed by atoms with Crippen LogP contribution in [-0.4, -0.2) is 18.0 Å². The quantitative estimate of drug-likeness (QED) is 0.326. The van der Waals surface area contributed by atoms with Crippen molar-refractivity contribution in [3.05, 3.63) is 0 Å². The van der Waals surface area contributed by atoms with Crippen LogP contribution in [0.4, 0.5) is 0 Å². The molecule has 0 rings (SSSR count). The Kier molecular flexibility index (Phi) is 333. The molecule has 0 saturated carbocycles. The van der Waals surface area contributed by atoms with Crippen molar-refractivity contribution < 1.29 is 38.6 Å². The third kappa shape index (κ3) is 9.91. The van der Waals surface area contributed by atoms with Crippen LogP contribution >= 0.6 is 0 Å². The van der Waals surface area contributed by atoms with E-state index in [9.17, 15) is 0 Å². The average Bonchev–Trinajstić information content (AvgIpc) is 0. The minimum atomic E-state index is 0. The fourth-order valence-corrected chi connectivity index (χ4v) is 0. The van der Waals surface area contributed by atoms with E-state index in [-0.39, 0.29) is 56.6 Å². The molecule has 0 atom stereocenters. The molecule has 0 aliphatic rings. The van der Waals surface area contributed by atoms with E-state index in [1.54, 1.807) is 0 Å². The van der Waals surface area contributed by atoms with Crippen molar-refractivity contribution in [1.29, 1.82) is 0 Å². The van der Waals surface area contributed by atoms with Gasteiger partial charge < -0.3 is 37.2 Å². The molecule has 0 bridgehead atoms. The molecule has 0 N–H and O–H groups in total. The van der Waals surface area contributed by atoms with Gasteiger partial charge in [-0.25, -0.2) is 0 Å². The van der Waals surface area contributed by atoms with Crippen molar-refractivity contribution in [2.24, 2.45) is 0 Å². The van der Waals surface area contributed by atoms with E-state index in [0.717, 1.165) is 0 Å². The van der Waals surface area contributed by atoms with Gasteiger partial charge in [0.25, 0.3) is 0 Å². The van der Waals surface area contributed by atoms with E-state index in [4.69, 9.17) is 0 Å². The number of halogens is 3. The van der Waals surface area contributed by atoms with E-state index in [0.29, 0.717) is 0 Å². The Morgan fingerprint density at radius 1 is 0.750 bits per heavy atom. The Bertz CT molecular complexity index is 6.85. The standard InChI is InChI=1S/As.3ClH/h;3*1H/q+3;;;/p-2. The molecule has 0 fully saturated rings. The van der Waals surface area contributed by atoms with Crippen LogP contribution in [0.25, 0.3) is 0 Å². The second kappa shape index (κ2) is 25.5. The largest absolute Gasteiger partial charge is 3.00 e. The van der Waals surface area contributed by atoms with Crippen LogP contribution in [0.3, 0.4) is 0 Å². The zero-order chi connectivity index (χ0) is 0. The molecule has 0 spiro atoms. The first-order valence-corrected chi connectivity index (χ1v) is 0. The number of hydrogen-bond acceptors (Lipinski definition) is 0. The average molecular weight is 182 g/mol. The fourth-order valence-electron chi connectivity index (χ4n) is 0. The first-order chi connectivity index (χ1) is 0. The van der Waals surface area contributed by atoms with Gasteiger partial charge in [-0.2, -0.15) is 0 Å². The third-order valence-electron chi connectivity index (χ3n) is 0. The maximum atomic E-state index is 0.